The lowest BCUT2D eigenvalue weighted by Crippen LogP contribution is -2.56. The van der Waals surface area contributed by atoms with Crippen molar-refractivity contribution in [1.82, 2.24) is 20.3 Å². The molecular weight excluding hydrogens is 489 g/mol. The van der Waals surface area contributed by atoms with Crippen LogP contribution in [0.25, 0.3) is 0 Å². The summed E-state index contributed by atoms with van der Waals surface area (Å²) in [6, 6.07) is 4.81. The number of aliphatic hydroxyl groups excluding tert-OH is 1. The Morgan fingerprint density at radius 1 is 1.26 bits per heavy atom. The van der Waals surface area contributed by atoms with E-state index in [2.05, 4.69) is 20.4 Å². The molecule has 12 heteroatoms. The summed E-state index contributed by atoms with van der Waals surface area (Å²) in [7, 11) is 0. The van der Waals surface area contributed by atoms with Crippen molar-refractivity contribution in [1.29, 1.82) is 0 Å². The molecule has 188 valence electrons. The minimum atomic E-state index is -4.62. The normalized spacial score (nSPS) is 35.5. The van der Waals surface area contributed by atoms with E-state index in [0.29, 0.717) is 28.7 Å². The smallest absolute Gasteiger partial charge is 0.480 e. The Morgan fingerprint density at radius 2 is 2.03 bits per heavy atom. The Bertz CT molecular complexity index is 1150. The zero-order chi connectivity index (χ0) is 24.5. The lowest BCUT2D eigenvalue weighted by Gasteiger charge is -2.40. The zero-order valence-corrected chi connectivity index (χ0v) is 19.3. The standard InChI is InChI=1S/C23H24ClF3N4O4/c24-12-1-2-19-15(3-12)18(32)6-20(34-19)21(33)28-22-7-11(8-22)16(9-22)17-10-31(30-29-17)13-4-14(5-13)35-23(25,26)27/h1-3,10-11,13-14,16,18,20,32H,4-9H2,(H,28,33)/t11?,13?,14?,16?,18-,20-,22?/m1/s1. The van der Waals surface area contributed by atoms with Crippen molar-refractivity contribution in [3.8, 4) is 5.75 Å². The fourth-order valence-electron chi connectivity index (χ4n) is 6.08. The van der Waals surface area contributed by atoms with E-state index in [-0.39, 0.29) is 42.7 Å². The fourth-order valence-corrected chi connectivity index (χ4v) is 6.26. The van der Waals surface area contributed by atoms with E-state index in [1.54, 1.807) is 22.9 Å². The van der Waals surface area contributed by atoms with Crippen LogP contribution in [0.4, 0.5) is 13.2 Å². The van der Waals surface area contributed by atoms with Crippen LogP contribution in [0.15, 0.2) is 24.4 Å². The fraction of sp³-hybridized carbons (Fsp3) is 0.609. The number of carbonyl (C=O) groups is 1. The van der Waals surface area contributed by atoms with Crippen LogP contribution >= 0.6 is 11.6 Å². The number of alkyl halides is 3. The molecule has 2 aromatic rings. The molecule has 0 saturated heterocycles. The van der Waals surface area contributed by atoms with Crippen molar-refractivity contribution in [2.45, 2.75) is 80.7 Å². The Morgan fingerprint density at radius 3 is 2.77 bits per heavy atom. The number of carbonyl (C=O) groups excluding carboxylic acids is 1. The minimum absolute atomic E-state index is 0.132. The van der Waals surface area contributed by atoms with E-state index < -0.39 is 24.7 Å². The van der Waals surface area contributed by atoms with Gasteiger partial charge < -0.3 is 15.2 Å². The molecule has 2 bridgehead atoms. The lowest BCUT2D eigenvalue weighted by molar-refractivity contribution is -0.353. The van der Waals surface area contributed by atoms with Crippen molar-refractivity contribution in [2.24, 2.45) is 5.92 Å². The van der Waals surface area contributed by atoms with Gasteiger partial charge in [-0.25, -0.2) is 4.68 Å². The third-order valence-electron chi connectivity index (χ3n) is 7.86. The molecule has 4 fully saturated rings. The molecule has 35 heavy (non-hydrogen) atoms. The van der Waals surface area contributed by atoms with Gasteiger partial charge in [0.1, 0.15) is 5.75 Å². The highest BCUT2D eigenvalue weighted by Crippen LogP contribution is 2.59. The lowest BCUT2D eigenvalue weighted by atomic mass is 9.75. The number of amides is 1. The van der Waals surface area contributed by atoms with Gasteiger partial charge in [-0.3, -0.25) is 9.53 Å². The molecule has 4 aliphatic carbocycles. The number of aromatic nitrogens is 3. The number of benzene rings is 1. The van der Waals surface area contributed by atoms with E-state index in [0.717, 1.165) is 18.5 Å². The maximum Gasteiger partial charge on any atom is 0.522 e. The molecule has 1 aliphatic heterocycles. The van der Waals surface area contributed by atoms with Gasteiger partial charge in [0.05, 0.1) is 23.9 Å². The van der Waals surface area contributed by atoms with Crippen molar-refractivity contribution >= 4 is 17.5 Å². The van der Waals surface area contributed by atoms with Gasteiger partial charge in [-0.05, 0) is 56.2 Å². The van der Waals surface area contributed by atoms with Gasteiger partial charge in [0.2, 0.25) is 0 Å². The zero-order valence-electron chi connectivity index (χ0n) is 18.5. The molecule has 0 spiro atoms. The summed E-state index contributed by atoms with van der Waals surface area (Å²) in [4.78, 5) is 13.0. The molecule has 5 aliphatic rings. The maximum atomic E-state index is 13.0. The number of rotatable bonds is 5. The number of hydrogen-bond acceptors (Lipinski definition) is 6. The molecule has 2 heterocycles. The highest BCUT2D eigenvalue weighted by Gasteiger charge is 2.58. The first kappa shape index (κ1) is 23.1. The van der Waals surface area contributed by atoms with E-state index in [9.17, 15) is 23.1 Å². The first-order valence-corrected chi connectivity index (χ1v) is 12.1. The molecule has 4 saturated carbocycles. The molecule has 1 amide bonds. The van der Waals surface area contributed by atoms with E-state index >= 15 is 0 Å². The van der Waals surface area contributed by atoms with Gasteiger partial charge in [0, 0.05) is 34.7 Å². The Hall–Kier alpha value is -2.37. The summed E-state index contributed by atoms with van der Waals surface area (Å²) < 4.78 is 48.6. The quantitative estimate of drug-likeness (QED) is 0.632. The van der Waals surface area contributed by atoms with Crippen LogP contribution in [0.2, 0.25) is 5.02 Å². The Kier molecular flexibility index (Phi) is 5.32. The Balaban J connectivity index is 1.05. The Labute approximate surface area is 203 Å². The van der Waals surface area contributed by atoms with Crippen molar-refractivity contribution < 1.29 is 32.5 Å². The molecule has 7 rings (SSSR count). The molecule has 3 atom stereocenters. The second kappa shape index (κ2) is 8.07. The molecule has 0 radical (unpaired) electrons. The van der Waals surface area contributed by atoms with Crippen LogP contribution in [-0.4, -0.2) is 50.1 Å². The molecule has 1 unspecified atom stereocenters. The van der Waals surface area contributed by atoms with Crippen LogP contribution in [-0.2, 0) is 9.53 Å². The topological polar surface area (TPSA) is 98.5 Å². The second-order valence-corrected chi connectivity index (χ2v) is 10.7. The van der Waals surface area contributed by atoms with Gasteiger partial charge >= 0.3 is 6.36 Å². The molecule has 2 N–H and O–H groups in total. The summed E-state index contributed by atoms with van der Waals surface area (Å²) in [6.07, 6.45) is -2.26. The van der Waals surface area contributed by atoms with Gasteiger partial charge in [0.15, 0.2) is 6.10 Å². The summed E-state index contributed by atoms with van der Waals surface area (Å²) in [5.74, 6) is 0.700. The van der Waals surface area contributed by atoms with Crippen LogP contribution in [0, 0.1) is 5.92 Å². The van der Waals surface area contributed by atoms with Gasteiger partial charge in [-0.2, -0.15) is 0 Å². The number of aliphatic hydroxyl groups is 1. The van der Waals surface area contributed by atoms with E-state index in [1.807, 2.05) is 6.20 Å². The number of ether oxygens (including phenoxy) is 2. The van der Waals surface area contributed by atoms with E-state index in [4.69, 9.17) is 16.3 Å². The predicted molar refractivity (Wildman–Crippen MR) is 116 cm³/mol. The van der Waals surface area contributed by atoms with Gasteiger partial charge in [-0.15, -0.1) is 18.3 Å². The maximum absolute atomic E-state index is 13.0. The SMILES string of the molecule is O=C(NC12CC(C1)C(c1cn(C3CC(OC(F)(F)F)C3)nn1)C2)[C@H]1C[C@@H](O)c2cc(Cl)ccc2O1. The van der Waals surface area contributed by atoms with Crippen molar-refractivity contribution in [3.05, 3.63) is 40.7 Å². The first-order valence-electron chi connectivity index (χ1n) is 11.7. The highest BCUT2D eigenvalue weighted by atomic mass is 35.5. The van der Waals surface area contributed by atoms with Gasteiger partial charge in [-0.1, -0.05) is 16.8 Å². The first-order chi connectivity index (χ1) is 16.6. The van der Waals surface area contributed by atoms with Crippen molar-refractivity contribution in [2.75, 3.05) is 0 Å². The van der Waals surface area contributed by atoms with Gasteiger partial charge in [0.25, 0.3) is 5.91 Å². The number of halogens is 4. The number of nitrogens with one attached hydrogen (secondary N) is 1. The molecular formula is C23H24ClF3N4O4. The van der Waals surface area contributed by atoms with Crippen LogP contribution < -0.4 is 10.1 Å². The van der Waals surface area contributed by atoms with Crippen LogP contribution in [0.3, 0.4) is 0 Å². The van der Waals surface area contributed by atoms with E-state index in [1.165, 1.54) is 0 Å². The average molecular weight is 513 g/mol. The largest absolute Gasteiger partial charge is 0.522 e. The second-order valence-electron chi connectivity index (χ2n) is 10.2. The number of fused-ring (bicyclic) bond motifs is 2. The summed E-state index contributed by atoms with van der Waals surface area (Å²) in [5, 5.41) is 22.6. The number of hydrogen-bond donors (Lipinski definition) is 2. The van der Waals surface area contributed by atoms with Crippen LogP contribution in [0.5, 0.6) is 5.75 Å². The third-order valence-corrected chi connectivity index (χ3v) is 8.09. The summed E-state index contributed by atoms with van der Waals surface area (Å²) >= 11 is 6.00. The summed E-state index contributed by atoms with van der Waals surface area (Å²) in [5.41, 5.74) is 1.04. The third kappa shape index (κ3) is 4.27. The van der Waals surface area contributed by atoms with Crippen LogP contribution in [0.1, 0.15) is 67.8 Å². The summed E-state index contributed by atoms with van der Waals surface area (Å²) in [6.45, 7) is 0. The molecule has 1 aromatic carbocycles. The molecule has 8 nitrogen and oxygen atoms in total. The highest BCUT2D eigenvalue weighted by molar-refractivity contribution is 6.30. The number of nitrogens with zero attached hydrogens (tertiary/aromatic N) is 3. The van der Waals surface area contributed by atoms with Crippen molar-refractivity contribution in [3.63, 3.8) is 0 Å². The predicted octanol–water partition coefficient (Wildman–Crippen LogP) is 3.81. The minimum Gasteiger partial charge on any atom is -0.480 e. The monoisotopic (exact) mass is 512 g/mol. The average Bonchev–Trinajstić information content (AvgIpc) is 3.43. The molecule has 1 aromatic heterocycles.